The van der Waals surface area contributed by atoms with Crippen molar-refractivity contribution < 1.29 is 14.2 Å². The highest BCUT2D eigenvalue weighted by Gasteiger charge is 2.13. The van der Waals surface area contributed by atoms with Crippen molar-refractivity contribution in [3.05, 3.63) is 52.5 Å². The zero-order valence-corrected chi connectivity index (χ0v) is 11.5. The van der Waals surface area contributed by atoms with Crippen LogP contribution in [0.3, 0.4) is 0 Å². The fourth-order valence-electron chi connectivity index (χ4n) is 2.01. The molecule has 0 amide bonds. The standard InChI is InChI=1S/C15H14ClNO3/c16-12-2-3-13(17)11(6-12)8-18-7-10-1-4-14-15(5-10)20-9-19-14/h1-6H,7-9,17H2. The largest absolute Gasteiger partial charge is 0.454 e. The van der Waals surface area contributed by atoms with Crippen LogP contribution in [0.2, 0.25) is 5.02 Å². The van der Waals surface area contributed by atoms with Crippen LogP contribution in [0.1, 0.15) is 11.1 Å². The van der Waals surface area contributed by atoms with E-state index in [1.54, 1.807) is 12.1 Å². The number of anilines is 1. The molecule has 0 spiro atoms. The van der Waals surface area contributed by atoms with E-state index in [0.29, 0.717) is 23.9 Å². The third kappa shape index (κ3) is 2.81. The molecule has 2 N–H and O–H groups in total. The van der Waals surface area contributed by atoms with E-state index >= 15 is 0 Å². The smallest absolute Gasteiger partial charge is 0.231 e. The van der Waals surface area contributed by atoms with Gasteiger partial charge in [0.05, 0.1) is 13.2 Å². The van der Waals surface area contributed by atoms with Gasteiger partial charge in [0.2, 0.25) is 6.79 Å². The first-order valence-electron chi connectivity index (χ1n) is 6.22. The Morgan fingerprint density at radius 1 is 1.05 bits per heavy atom. The molecule has 1 heterocycles. The molecule has 0 aliphatic carbocycles. The van der Waals surface area contributed by atoms with Crippen LogP contribution < -0.4 is 15.2 Å². The fourth-order valence-corrected chi connectivity index (χ4v) is 2.20. The quantitative estimate of drug-likeness (QED) is 0.878. The van der Waals surface area contributed by atoms with Gasteiger partial charge in [0.1, 0.15) is 0 Å². The number of ether oxygens (including phenoxy) is 3. The molecule has 1 aliphatic rings. The summed E-state index contributed by atoms with van der Waals surface area (Å²) >= 11 is 5.94. The lowest BCUT2D eigenvalue weighted by atomic mass is 10.2. The summed E-state index contributed by atoms with van der Waals surface area (Å²) in [5.41, 5.74) is 8.46. The number of rotatable bonds is 4. The van der Waals surface area contributed by atoms with Gasteiger partial charge in [0, 0.05) is 16.3 Å². The lowest BCUT2D eigenvalue weighted by Crippen LogP contribution is -1.98. The second-order valence-corrected chi connectivity index (χ2v) is 4.96. The average molecular weight is 292 g/mol. The molecule has 0 saturated heterocycles. The molecule has 5 heteroatoms. The second-order valence-electron chi connectivity index (χ2n) is 4.52. The summed E-state index contributed by atoms with van der Waals surface area (Å²) in [6.45, 7) is 1.17. The van der Waals surface area contributed by atoms with Crippen LogP contribution in [-0.4, -0.2) is 6.79 Å². The Bertz CT molecular complexity index is 631. The first-order chi connectivity index (χ1) is 9.72. The number of nitrogens with two attached hydrogens (primary N) is 1. The molecule has 2 aromatic rings. The van der Waals surface area contributed by atoms with E-state index in [2.05, 4.69) is 0 Å². The van der Waals surface area contributed by atoms with Crippen molar-refractivity contribution in [2.75, 3.05) is 12.5 Å². The molecule has 0 atom stereocenters. The van der Waals surface area contributed by atoms with Crippen LogP contribution in [0.15, 0.2) is 36.4 Å². The normalized spacial score (nSPS) is 12.7. The van der Waals surface area contributed by atoms with Gasteiger partial charge < -0.3 is 19.9 Å². The average Bonchev–Trinajstić information content (AvgIpc) is 2.90. The summed E-state index contributed by atoms with van der Waals surface area (Å²) in [6, 6.07) is 11.1. The van der Waals surface area contributed by atoms with Gasteiger partial charge in [0.25, 0.3) is 0 Å². The van der Waals surface area contributed by atoms with Crippen molar-refractivity contribution in [3.63, 3.8) is 0 Å². The van der Waals surface area contributed by atoms with Crippen LogP contribution >= 0.6 is 11.6 Å². The Morgan fingerprint density at radius 3 is 2.80 bits per heavy atom. The molecule has 3 rings (SSSR count). The molecule has 0 saturated carbocycles. The molecule has 2 aromatic carbocycles. The van der Waals surface area contributed by atoms with E-state index < -0.39 is 0 Å². The second kappa shape index (κ2) is 5.61. The summed E-state index contributed by atoms with van der Waals surface area (Å²) in [6.07, 6.45) is 0. The monoisotopic (exact) mass is 291 g/mol. The Hall–Kier alpha value is -1.91. The van der Waals surface area contributed by atoms with Gasteiger partial charge in [-0.15, -0.1) is 0 Å². The zero-order valence-electron chi connectivity index (χ0n) is 10.8. The number of halogens is 1. The Balaban J connectivity index is 1.61. The van der Waals surface area contributed by atoms with E-state index in [0.717, 1.165) is 22.6 Å². The van der Waals surface area contributed by atoms with Gasteiger partial charge in [-0.25, -0.2) is 0 Å². The number of hydrogen-bond acceptors (Lipinski definition) is 4. The van der Waals surface area contributed by atoms with Crippen LogP contribution in [0, 0.1) is 0 Å². The highest BCUT2D eigenvalue weighted by molar-refractivity contribution is 6.30. The molecule has 0 radical (unpaired) electrons. The first kappa shape index (κ1) is 13.1. The molecule has 1 aliphatic heterocycles. The number of benzene rings is 2. The molecule has 20 heavy (non-hydrogen) atoms. The molecular formula is C15H14ClNO3. The number of hydrogen-bond donors (Lipinski definition) is 1. The van der Waals surface area contributed by atoms with Gasteiger partial charge >= 0.3 is 0 Å². The third-order valence-electron chi connectivity index (χ3n) is 3.07. The molecule has 0 fully saturated rings. The fraction of sp³-hybridized carbons (Fsp3) is 0.200. The Labute approximate surface area is 122 Å². The summed E-state index contributed by atoms with van der Waals surface area (Å²) < 4.78 is 16.3. The van der Waals surface area contributed by atoms with E-state index in [1.807, 2.05) is 24.3 Å². The van der Waals surface area contributed by atoms with E-state index in [1.165, 1.54) is 0 Å². The van der Waals surface area contributed by atoms with E-state index in [-0.39, 0.29) is 6.79 Å². The van der Waals surface area contributed by atoms with Crippen molar-refractivity contribution in [3.8, 4) is 11.5 Å². The Morgan fingerprint density at radius 2 is 1.90 bits per heavy atom. The van der Waals surface area contributed by atoms with Crippen LogP contribution in [0.25, 0.3) is 0 Å². The van der Waals surface area contributed by atoms with Crippen LogP contribution in [0.4, 0.5) is 5.69 Å². The molecule has 0 aromatic heterocycles. The molecular weight excluding hydrogens is 278 g/mol. The molecule has 0 bridgehead atoms. The maximum atomic E-state index is 5.94. The van der Waals surface area contributed by atoms with Crippen molar-refractivity contribution in [1.29, 1.82) is 0 Å². The predicted octanol–water partition coefficient (Wildman–Crippen LogP) is 3.37. The van der Waals surface area contributed by atoms with Crippen LogP contribution in [0.5, 0.6) is 11.5 Å². The maximum Gasteiger partial charge on any atom is 0.231 e. The molecule has 104 valence electrons. The van der Waals surface area contributed by atoms with Gasteiger partial charge in [-0.2, -0.15) is 0 Å². The minimum absolute atomic E-state index is 0.276. The summed E-state index contributed by atoms with van der Waals surface area (Å²) in [5, 5.41) is 0.654. The predicted molar refractivity (Wildman–Crippen MR) is 76.9 cm³/mol. The summed E-state index contributed by atoms with van der Waals surface area (Å²) in [7, 11) is 0. The van der Waals surface area contributed by atoms with Gasteiger partial charge in [-0.05, 0) is 35.9 Å². The minimum atomic E-state index is 0.276. The Kier molecular flexibility index (Phi) is 3.67. The van der Waals surface area contributed by atoms with Crippen molar-refractivity contribution >= 4 is 17.3 Å². The molecule has 4 nitrogen and oxygen atoms in total. The molecule has 0 unspecified atom stereocenters. The first-order valence-corrected chi connectivity index (χ1v) is 6.60. The van der Waals surface area contributed by atoms with Crippen LogP contribution in [-0.2, 0) is 18.0 Å². The topological polar surface area (TPSA) is 53.7 Å². The minimum Gasteiger partial charge on any atom is -0.454 e. The number of nitrogen functional groups attached to an aromatic ring is 1. The maximum absolute atomic E-state index is 5.94. The number of fused-ring (bicyclic) bond motifs is 1. The van der Waals surface area contributed by atoms with Gasteiger partial charge in [-0.3, -0.25) is 0 Å². The lowest BCUT2D eigenvalue weighted by Gasteiger charge is -2.08. The van der Waals surface area contributed by atoms with E-state index in [9.17, 15) is 0 Å². The van der Waals surface area contributed by atoms with Gasteiger partial charge in [-0.1, -0.05) is 17.7 Å². The summed E-state index contributed by atoms with van der Waals surface area (Å²) in [4.78, 5) is 0. The SMILES string of the molecule is Nc1ccc(Cl)cc1COCc1ccc2c(c1)OCO2. The highest BCUT2D eigenvalue weighted by atomic mass is 35.5. The van der Waals surface area contributed by atoms with Crippen molar-refractivity contribution in [2.45, 2.75) is 13.2 Å². The zero-order chi connectivity index (χ0) is 13.9. The van der Waals surface area contributed by atoms with Crippen molar-refractivity contribution in [1.82, 2.24) is 0 Å². The third-order valence-corrected chi connectivity index (χ3v) is 3.30. The highest BCUT2D eigenvalue weighted by Crippen LogP contribution is 2.32. The van der Waals surface area contributed by atoms with Gasteiger partial charge in [0.15, 0.2) is 11.5 Å². The van der Waals surface area contributed by atoms with E-state index in [4.69, 9.17) is 31.5 Å². The van der Waals surface area contributed by atoms with Crippen molar-refractivity contribution in [2.24, 2.45) is 0 Å². The lowest BCUT2D eigenvalue weighted by molar-refractivity contribution is 0.107. The summed E-state index contributed by atoms with van der Waals surface area (Å²) in [5.74, 6) is 1.53.